The zero-order chi connectivity index (χ0) is 26.5. The SMILES string of the molecule is CCCCCCc1ccc(CC(C)C(=O)c2c(O)cc(C(C)CC/C=C/NC(=O)OC)oc2=O)cn1. The van der Waals surface area contributed by atoms with Gasteiger partial charge in [-0.1, -0.05) is 52.2 Å². The number of nitrogens with one attached hydrogen (secondary N) is 1. The van der Waals surface area contributed by atoms with E-state index in [0.717, 1.165) is 24.1 Å². The maximum Gasteiger partial charge on any atom is 0.410 e. The number of aryl methyl sites for hydroxylation is 1. The summed E-state index contributed by atoms with van der Waals surface area (Å²) in [7, 11) is 1.28. The molecule has 0 aliphatic rings. The molecule has 2 unspecified atom stereocenters. The van der Waals surface area contributed by atoms with Gasteiger partial charge in [-0.05, 0) is 43.7 Å². The van der Waals surface area contributed by atoms with E-state index in [0.29, 0.717) is 25.0 Å². The van der Waals surface area contributed by atoms with Crippen molar-refractivity contribution in [3.8, 4) is 5.75 Å². The molecule has 2 rings (SSSR count). The molecule has 36 heavy (non-hydrogen) atoms. The van der Waals surface area contributed by atoms with Crippen molar-refractivity contribution in [3.63, 3.8) is 0 Å². The van der Waals surface area contributed by atoms with E-state index in [9.17, 15) is 19.5 Å². The van der Waals surface area contributed by atoms with E-state index in [2.05, 4.69) is 22.0 Å². The second-order valence-electron chi connectivity index (χ2n) is 9.15. The molecular formula is C28H38N2O6. The maximum atomic E-state index is 13.0. The lowest BCUT2D eigenvalue weighted by Crippen LogP contribution is -2.22. The Bertz CT molecular complexity index is 1070. The molecule has 2 heterocycles. The van der Waals surface area contributed by atoms with Crippen LogP contribution in [0.15, 0.2) is 45.9 Å². The minimum atomic E-state index is -0.836. The molecule has 0 spiro atoms. The van der Waals surface area contributed by atoms with Crippen LogP contribution in [0.3, 0.4) is 0 Å². The number of nitrogens with zero attached hydrogens (tertiary/aromatic N) is 1. The number of carbonyl (C=O) groups is 2. The number of unbranched alkanes of at least 4 members (excludes halogenated alkanes) is 3. The highest BCUT2D eigenvalue weighted by molar-refractivity contribution is 5.99. The number of carbonyl (C=O) groups excluding carboxylic acids is 2. The molecule has 8 nitrogen and oxygen atoms in total. The summed E-state index contributed by atoms with van der Waals surface area (Å²) < 4.78 is 9.86. The predicted octanol–water partition coefficient (Wildman–Crippen LogP) is 5.68. The van der Waals surface area contributed by atoms with Crippen molar-refractivity contribution in [1.82, 2.24) is 10.3 Å². The number of rotatable bonds is 14. The Morgan fingerprint density at radius 3 is 2.64 bits per heavy atom. The van der Waals surface area contributed by atoms with Crippen LogP contribution in [-0.2, 0) is 17.6 Å². The van der Waals surface area contributed by atoms with E-state index < -0.39 is 23.4 Å². The van der Waals surface area contributed by atoms with Gasteiger partial charge in [0.05, 0.1) is 7.11 Å². The minimum absolute atomic E-state index is 0.181. The number of allylic oxidation sites excluding steroid dienone is 1. The third-order valence-electron chi connectivity index (χ3n) is 6.11. The molecule has 0 fully saturated rings. The molecule has 196 valence electrons. The fraction of sp³-hybridized carbons (Fsp3) is 0.500. The van der Waals surface area contributed by atoms with E-state index in [1.165, 1.54) is 38.6 Å². The Hall–Kier alpha value is -3.42. The number of alkyl carbamates (subject to hydrolysis) is 1. The number of pyridine rings is 1. The third kappa shape index (κ3) is 8.98. The second-order valence-corrected chi connectivity index (χ2v) is 9.15. The average Bonchev–Trinajstić information content (AvgIpc) is 2.86. The first-order valence-electron chi connectivity index (χ1n) is 12.6. The molecule has 0 aromatic carbocycles. The Labute approximate surface area is 212 Å². The smallest absolute Gasteiger partial charge is 0.410 e. The molecule has 1 amide bonds. The molecule has 0 radical (unpaired) electrons. The molecule has 0 saturated carbocycles. The molecule has 2 atom stereocenters. The van der Waals surface area contributed by atoms with Crippen LogP contribution >= 0.6 is 0 Å². The van der Waals surface area contributed by atoms with Crippen LogP contribution in [0.1, 0.15) is 92.6 Å². The number of amides is 1. The van der Waals surface area contributed by atoms with Crippen LogP contribution in [0.4, 0.5) is 4.79 Å². The molecule has 0 saturated heterocycles. The normalized spacial score (nSPS) is 12.9. The monoisotopic (exact) mass is 498 g/mol. The predicted molar refractivity (Wildman–Crippen MR) is 138 cm³/mol. The summed E-state index contributed by atoms with van der Waals surface area (Å²) in [4.78, 5) is 41.1. The van der Waals surface area contributed by atoms with Gasteiger partial charge in [0.15, 0.2) is 5.78 Å². The van der Waals surface area contributed by atoms with Gasteiger partial charge in [-0.3, -0.25) is 15.1 Å². The molecule has 0 bridgehead atoms. The van der Waals surface area contributed by atoms with Crippen LogP contribution in [0.2, 0.25) is 0 Å². The zero-order valence-corrected chi connectivity index (χ0v) is 21.7. The van der Waals surface area contributed by atoms with Crippen LogP contribution in [0, 0.1) is 5.92 Å². The number of hydrogen-bond acceptors (Lipinski definition) is 7. The molecular weight excluding hydrogens is 460 g/mol. The molecule has 0 aliphatic heterocycles. The Kier molecular flexibility index (Phi) is 11.9. The fourth-order valence-corrected chi connectivity index (χ4v) is 3.88. The van der Waals surface area contributed by atoms with E-state index >= 15 is 0 Å². The summed E-state index contributed by atoms with van der Waals surface area (Å²) in [5.41, 5.74) is 0.780. The maximum absolute atomic E-state index is 13.0. The molecule has 2 N–H and O–H groups in total. The molecule has 8 heteroatoms. The van der Waals surface area contributed by atoms with E-state index in [4.69, 9.17) is 4.42 Å². The number of ketones is 1. The van der Waals surface area contributed by atoms with Crippen molar-refractivity contribution in [2.45, 2.75) is 78.1 Å². The summed E-state index contributed by atoms with van der Waals surface area (Å²) in [5, 5.41) is 12.9. The van der Waals surface area contributed by atoms with Gasteiger partial charge >= 0.3 is 11.7 Å². The Balaban J connectivity index is 1.97. The highest BCUT2D eigenvalue weighted by Crippen LogP contribution is 2.26. The van der Waals surface area contributed by atoms with Gasteiger partial charge in [-0.25, -0.2) is 9.59 Å². The number of methoxy groups -OCH3 is 1. The molecule has 0 aliphatic carbocycles. The number of ether oxygens (including phenoxy) is 1. The quantitative estimate of drug-likeness (QED) is 0.254. The highest BCUT2D eigenvalue weighted by atomic mass is 16.5. The average molecular weight is 499 g/mol. The first-order valence-corrected chi connectivity index (χ1v) is 12.6. The highest BCUT2D eigenvalue weighted by Gasteiger charge is 2.25. The van der Waals surface area contributed by atoms with Gasteiger partial charge in [0.25, 0.3) is 0 Å². The summed E-state index contributed by atoms with van der Waals surface area (Å²) in [6.07, 6.45) is 11.7. The van der Waals surface area contributed by atoms with Crippen molar-refractivity contribution in [1.29, 1.82) is 0 Å². The fourth-order valence-electron chi connectivity index (χ4n) is 3.88. The molecule has 2 aromatic heterocycles. The minimum Gasteiger partial charge on any atom is -0.507 e. The number of Topliss-reactive ketones (excluding diaryl/α,β-unsaturated/α-hetero) is 1. The van der Waals surface area contributed by atoms with Crippen LogP contribution in [0.25, 0.3) is 0 Å². The van der Waals surface area contributed by atoms with Crippen molar-refractivity contribution >= 4 is 11.9 Å². The van der Waals surface area contributed by atoms with E-state index in [-0.39, 0.29) is 17.2 Å². The van der Waals surface area contributed by atoms with E-state index in [1.807, 2.05) is 19.1 Å². The summed E-state index contributed by atoms with van der Waals surface area (Å²) in [6, 6.07) is 5.30. The van der Waals surface area contributed by atoms with Crippen LogP contribution < -0.4 is 10.9 Å². The second kappa shape index (κ2) is 14.9. The van der Waals surface area contributed by atoms with Gasteiger partial charge in [-0.2, -0.15) is 0 Å². The lowest BCUT2D eigenvalue weighted by atomic mass is 9.93. The zero-order valence-electron chi connectivity index (χ0n) is 21.7. The van der Waals surface area contributed by atoms with Crippen LogP contribution in [-0.4, -0.2) is 29.1 Å². The standard InChI is InChI=1S/C28H38N2O6/c1-5-6-7-8-12-22-14-13-21(18-30-22)16-20(3)26(32)25-23(31)17-24(36-27(25)33)19(2)11-9-10-15-29-28(34)35-4/h10,13-15,17-20,31H,5-9,11-12,16H2,1-4H3,(H,29,34)/b15-10+. The number of aromatic hydroxyl groups is 1. The largest absolute Gasteiger partial charge is 0.507 e. The Morgan fingerprint density at radius 2 is 2.00 bits per heavy atom. The number of hydrogen-bond donors (Lipinski definition) is 2. The summed E-state index contributed by atoms with van der Waals surface area (Å²) in [5.74, 6) is -1.23. The van der Waals surface area contributed by atoms with Crippen molar-refractivity contribution in [2.24, 2.45) is 5.92 Å². The summed E-state index contributed by atoms with van der Waals surface area (Å²) >= 11 is 0. The van der Waals surface area contributed by atoms with Gasteiger partial charge < -0.3 is 14.3 Å². The van der Waals surface area contributed by atoms with Gasteiger partial charge in [0, 0.05) is 36.0 Å². The lowest BCUT2D eigenvalue weighted by Gasteiger charge is -2.13. The summed E-state index contributed by atoms with van der Waals surface area (Å²) in [6.45, 7) is 5.76. The lowest BCUT2D eigenvalue weighted by molar-refractivity contribution is 0.0921. The topological polar surface area (TPSA) is 119 Å². The van der Waals surface area contributed by atoms with Gasteiger partial charge in [-0.15, -0.1) is 0 Å². The Morgan fingerprint density at radius 1 is 1.22 bits per heavy atom. The third-order valence-corrected chi connectivity index (χ3v) is 6.11. The molecule has 2 aromatic rings. The first kappa shape index (κ1) is 28.8. The van der Waals surface area contributed by atoms with Crippen LogP contribution in [0.5, 0.6) is 5.75 Å². The van der Waals surface area contributed by atoms with Gasteiger partial charge in [0.1, 0.15) is 17.1 Å². The number of aromatic nitrogens is 1. The first-order chi connectivity index (χ1) is 17.3. The van der Waals surface area contributed by atoms with Crippen molar-refractivity contribution < 1.29 is 23.8 Å². The van der Waals surface area contributed by atoms with Gasteiger partial charge in [0.2, 0.25) is 0 Å². The van der Waals surface area contributed by atoms with E-state index in [1.54, 1.807) is 19.2 Å². The van der Waals surface area contributed by atoms with Crippen molar-refractivity contribution in [2.75, 3.05) is 7.11 Å². The van der Waals surface area contributed by atoms with Crippen molar-refractivity contribution in [3.05, 3.63) is 69.7 Å².